The van der Waals surface area contributed by atoms with Crippen LogP contribution in [0.1, 0.15) is 10.5 Å². The van der Waals surface area contributed by atoms with E-state index in [0.29, 0.717) is 6.07 Å². The van der Waals surface area contributed by atoms with Crippen molar-refractivity contribution >= 4 is 17.0 Å². The van der Waals surface area contributed by atoms with Crippen molar-refractivity contribution in [2.75, 3.05) is 0 Å². The standard InChI is InChI=1S/C9H4F2N2O3/c10-3-1-4(11)6-5(2-3)12-8(14)7(13-6)9(15)16/h1-2H,(H,12,14)(H,15,16). The third kappa shape index (κ3) is 1.52. The highest BCUT2D eigenvalue weighted by molar-refractivity contribution is 5.87. The van der Waals surface area contributed by atoms with Crippen LogP contribution in [0.5, 0.6) is 0 Å². The largest absolute Gasteiger partial charge is 0.476 e. The molecule has 0 aliphatic rings. The van der Waals surface area contributed by atoms with E-state index in [4.69, 9.17) is 5.11 Å². The number of aromatic amines is 1. The lowest BCUT2D eigenvalue weighted by Gasteiger charge is -2.00. The summed E-state index contributed by atoms with van der Waals surface area (Å²) in [5.41, 5.74) is -2.42. The van der Waals surface area contributed by atoms with Crippen LogP contribution in [-0.4, -0.2) is 21.0 Å². The maximum absolute atomic E-state index is 13.2. The molecule has 1 aromatic heterocycles. The smallest absolute Gasteiger partial charge is 0.360 e. The Bertz CT molecular complexity index is 651. The van der Waals surface area contributed by atoms with Crippen molar-refractivity contribution in [2.24, 2.45) is 0 Å². The van der Waals surface area contributed by atoms with E-state index in [1.807, 2.05) is 4.98 Å². The van der Waals surface area contributed by atoms with E-state index in [1.165, 1.54) is 0 Å². The average Bonchev–Trinajstić information content (AvgIpc) is 2.15. The molecule has 0 aliphatic carbocycles. The summed E-state index contributed by atoms with van der Waals surface area (Å²) in [6, 6.07) is 1.41. The van der Waals surface area contributed by atoms with Crippen LogP contribution in [0.25, 0.3) is 11.0 Å². The van der Waals surface area contributed by atoms with Crippen LogP contribution >= 0.6 is 0 Å². The van der Waals surface area contributed by atoms with Gasteiger partial charge in [0.2, 0.25) is 5.69 Å². The molecule has 0 bridgehead atoms. The predicted octanol–water partition coefficient (Wildman–Crippen LogP) is 0.899. The van der Waals surface area contributed by atoms with E-state index in [1.54, 1.807) is 0 Å². The number of hydrogen-bond acceptors (Lipinski definition) is 3. The molecule has 0 saturated carbocycles. The summed E-state index contributed by atoms with van der Waals surface area (Å²) in [4.78, 5) is 27.1. The maximum atomic E-state index is 13.2. The maximum Gasteiger partial charge on any atom is 0.360 e. The van der Waals surface area contributed by atoms with Gasteiger partial charge in [-0.1, -0.05) is 0 Å². The van der Waals surface area contributed by atoms with Gasteiger partial charge >= 0.3 is 5.97 Å². The summed E-state index contributed by atoms with van der Waals surface area (Å²) in [7, 11) is 0. The minimum absolute atomic E-state index is 0.187. The Hall–Kier alpha value is -2.31. The molecule has 0 spiro atoms. The Kier molecular flexibility index (Phi) is 2.15. The molecule has 2 N–H and O–H groups in total. The zero-order valence-corrected chi connectivity index (χ0v) is 7.62. The van der Waals surface area contributed by atoms with Crippen LogP contribution in [0.2, 0.25) is 0 Å². The SMILES string of the molecule is O=C(O)c1nc2c(F)cc(F)cc2[nH]c1=O. The molecular weight excluding hydrogens is 222 g/mol. The number of benzene rings is 1. The first-order valence-corrected chi connectivity index (χ1v) is 4.11. The number of aromatic carboxylic acids is 1. The molecule has 2 aromatic rings. The summed E-state index contributed by atoms with van der Waals surface area (Å²) in [5, 5.41) is 8.59. The van der Waals surface area contributed by atoms with E-state index in [9.17, 15) is 18.4 Å². The molecule has 0 radical (unpaired) electrons. The molecule has 1 heterocycles. The van der Waals surface area contributed by atoms with Gasteiger partial charge in [-0.15, -0.1) is 0 Å². The molecule has 5 nitrogen and oxygen atoms in total. The molecule has 0 unspecified atom stereocenters. The number of rotatable bonds is 1. The molecule has 0 fully saturated rings. The van der Waals surface area contributed by atoms with Crippen molar-refractivity contribution in [1.82, 2.24) is 9.97 Å². The van der Waals surface area contributed by atoms with Crippen LogP contribution in [0, 0.1) is 11.6 Å². The van der Waals surface area contributed by atoms with E-state index in [2.05, 4.69) is 4.98 Å². The molecule has 0 saturated heterocycles. The van der Waals surface area contributed by atoms with Crippen molar-refractivity contribution in [3.05, 3.63) is 39.8 Å². The Morgan fingerprint density at radius 1 is 1.38 bits per heavy atom. The van der Waals surface area contributed by atoms with E-state index >= 15 is 0 Å². The normalized spacial score (nSPS) is 10.6. The Morgan fingerprint density at radius 2 is 2.06 bits per heavy atom. The average molecular weight is 226 g/mol. The highest BCUT2D eigenvalue weighted by Gasteiger charge is 2.14. The lowest BCUT2D eigenvalue weighted by molar-refractivity contribution is 0.0689. The van der Waals surface area contributed by atoms with Gasteiger partial charge in [0.25, 0.3) is 5.56 Å². The second-order valence-electron chi connectivity index (χ2n) is 3.00. The first-order chi connectivity index (χ1) is 7.49. The Balaban J connectivity index is 2.90. The fraction of sp³-hybridized carbons (Fsp3) is 0. The lowest BCUT2D eigenvalue weighted by atomic mass is 10.2. The second-order valence-corrected chi connectivity index (χ2v) is 3.00. The molecule has 7 heteroatoms. The molecule has 0 aliphatic heterocycles. The topological polar surface area (TPSA) is 83.0 Å². The number of nitrogens with zero attached hydrogens (tertiary/aromatic N) is 1. The summed E-state index contributed by atoms with van der Waals surface area (Å²) < 4.78 is 26.0. The highest BCUT2D eigenvalue weighted by Crippen LogP contribution is 2.14. The summed E-state index contributed by atoms with van der Waals surface area (Å²) in [6.45, 7) is 0. The zero-order chi connectivity index (χ0) is 11.9. The van der Waals surface area contributed by atoms with Crippen molar-refractivity contribution in [1.29, 1.82) is 0 Å². The fourth-order valence-electron chi connectivity index (χ4n) is 1.26. The number of halogens is 2. The Labute approximate surface area is 86.4 Å². The Morgan fingerprint density at radius 3 is 2.69 bits per heavy atom. The quantitative estimate of drug-likeness (QED) is 0.756. The minimum Gasteiger partial charge on any atom is -0.476 e. The third-order valence-corrected chi connectivity index (χ3v) is 1.92. The second kappa shape index (κ2) is 3.37. The number of carboxylic acid groups (broad SMARTS) is 1. The van der Waals surface area contributed by atoms with Crippen LogP contribution in [0.3, 0.4) is 0 Å². The molecule has 2 rings (SSSR count). The highest BCUT2D eigenvalue weighted by atomic mass is 19.1. The van der Waals surface area contributed by atoms with Gasteiger partial charge in [-0.05, 0) is 6.07 Å². The van der Waals surface area contributed by atoms with E-state index in [-0.39, 0.29) is 5.52 Å². The van der Waals surface area contributed by atoms with Crippen LogP contribution in [-0.2, 0) is 0 Å². The minimum atomic E-state index is -1.58. The van der Waals surface area contributed by atoms with Crippen LogP contribution < -0.4 is 5.56 Å². The van der Waals surface area contributed by atoms with Gasteiger partial charge in [-0.2, -0.15) is 0 Å². The third-order valence-electron chi connectivity index (χ3n) is 1.92. The molecule has 0 amide bonds. The van der Waals surface area contributed by atoms with Crippen molar-refractivity contribution in [3.63, 3.8) is 0 Å². The number of fused-ring (bicyclic) bond motifs is 1. The van der Waals surface area contributed by atoms with Gasteiger partial charge in [0, 0.05) is 6.07 Å². The monoisotopic (exact) mass is 226 g/mol. The van der Waals surface area contributed by atoms with Gasteiger partial charge < -0.3 is 10.1 Å². The summed E-state index contributed by atoms with van der Waals surface area (Å²) in [6.07, 6.45) is 0. The van der Waals surface area contributed by atoms with Crippen LogP contribution in [0.4, 0.5) is 8.78 Å². The van der Waals surface area contributed by atoms with Gasteiger partial charge in [-0.25, -0.2) is 18.6 Å². The lowest BCUT2D eigenvalue weighted by Crippen LogP contribution is -2.20. The first kappa shape index (κ1) is 10.2. The molecule has 16 heavy (non-hydrogen) atoms. The van der Waals surface area contributed by atoms with E-state index in [0.717, 1.165) is 6.07 Å². The van der Waals surface area contributed by atoms with Gasteiger partial charge in [0.15, 0.2) is 5.82 Å². The van der Waals surface area contributed by atoms with Crippen LogP contribution in [0.15, 0.2) is 16.9 Å². The number of H-pyrrole nitrogens is 1. The summed E-state index contributed by atoms with van der Waals surface area (Å²) >= 11 is 0. The molecular formula is C9H4F2N2O3. The van der Waals surface area contributed by atoms with E-state index < -0.39 is 34.4 Å². The van der Waals surface area contributed by atoms with Gasteiger partial charge in [0.05, 0.1) is 5.52 Å². The zero-order valence-electron chi connectivity index (χ0n) is 7.62. The molecule has 1 aromatic carbocycles. The number of hydrogen-bond donors (Lipinski definition) is 2. The number of aromatic nitrogens is 2. The van der Waals surface area contributed by atoms with Gasteiger partial charge in [-0.3, -0.25) is 4.79 Å². The summed E-state index contributed by atoms with van der Waals surface area (Å²) in [5.74, 6) is -3.49. The number of carbonyl (C=O) groups is 1. The first-order valence-electron chi connectivity index (χ1n) is 4.11. The van der Waals surface area contributed by atoms with Crippen molar-refractivity contribution < 1.29 is 18.7 Å². The van der Waals surface area contributed by atoms with Crippen molar-refractivity contribution in [3.8, 4) is 0 Å². The number of nitrogens with one attached hydrogen (secondary N) is 1. The molecule has 82 valence electrons. The van der Waals surface area contributed by atoms with Crippen molar-refractivity contribution in [2.45, 2.75) is 0 Å². The predicted molar refractivity (Wildman–Crippen MR) is 49.2 cm³/mol. The number of carboxylic acids is 1. The molecule has 0 atom stereocenters. The fourth-order valence-corrected chi connectivity index (χ4v) is 1.26. The van der Waals surface area contributed by atoms with Gasteiger partial charge in [0.1, 0.15) is 11.3 Å².